The van der Waals surface area contributed by atoms with E-state index in [1.807, 2.05) is 46.2 Å². The summed E-state index contributed by atoms with van der Waals surface area (Å²) in [6.45, 7) is 1.89. The number of allylic oxidation sites excluding steroid dienone is 2. The number of hydrogen-bond acceptors (Lipinski definition) is 2. The molecule has 2 heterocycles. The van der Waals surface area contributed by atoms with Gasteiger partial charge in [0.05, 0.1) is 6.04 Å². The fourth-order valence-corrected chi connectivity index (χ4v) is 5.38. The van der Waals surface area contributed by atoms with Crippen LogP contribution in [0, 0.1) is 23.6 Å². The molecule has 4 nitrogen and oxygen atoms in total. The molecule has 0 unspecified atom stereocenters. The van der Waals surface area contributed by atoms with E-state index < -0.39 is 0 Å². The topological polar surface area (TPSA) is 40.6 Å². The first-order valence-electron chi connectivity index (χ1n) is 10.7. The zero-order valence-electron chi connectivity index (χ0n) is 16.8. The minimum absolute atomic E-state index is 0.0304. The van der Waals surface area contributed by atoms with E-state index in [1.165, 1.54) is 12.1 Å². The predicted octanol–water partition coefficient (Wildman–Crippen LogP) is 4.06. The Kier molecular flexibility index (Phi) is 4.89. The van der Waals surface area contributed by atoms with Gasteiger partial charge in [-0.1, -0.05) is 42.5 Å². The Bertz CT molecular complexity index is 982. The van der Waals surface area contributed by atoms with Crippen molar-refractivity contribution in [2.24, 2.45) is 17.8 Å². The number of halogens is 1. The van der Waals surface area contributed by atoms with E-state index >= 15 is 0 Å². The van der Waals surface area contributed by atoms with Crippen LogP contribution >= 0.6 is 0 Å². The van der Waals surface area contributed by atoms with Crippen LogP contribution in [0.4, 0.5) is 4.39 Å². The van der Waals surface area contributed by atoms with Crippen molar-refractivity contribution in [2.45, 2.75) is 18.9 Å². The molecule has 0 aromatic heterocycles. The fourth-order valence-electron chi connectivity index (χ4n) is 5.38. The van der Waals surface area contributed by atoms with Crippen LogP contribution in [0.15, 0.2) is 66.7 Å². The van der Waals surface area contributed by atoms with Crippen LogP contribution < -0.4 is 0 Å². The SMILES string of the molecule is O=C(C1CC=CC1)N1C[C@H]2CN(C(=O)c3ccccc3)[C@H](c3cccc(F)c3)[C@H]2C1. The summed E-state index contributed by atoms with van der Waals surface area (Å²) in [6.07, 6.45) is 5.79. The summed E-state index contributed by atoms with van der Waals surface area (Å²) in [4.78, 5) is 30.1. The van der Waals surface area contributed by atoms with Gasteiger partial charge in [0.15, 0.2) is 0 Å². The molecule has 0 spiro atoms. The average Bonchev–Trinajstić information content (AvgIpc) is 3.49. The number of nitrogens with zero attached hydrogens (tertiary/aromatic N) is 2. The molecule has 5 heteroatoms. The highest BCUT2D eigenvalue weighted by Crippen LogP contribution is 2.46. The molecule has 2 aliphatic heterocycles. The van der Waals surface area contributed by atoms with Crippen molar-refractivity contribution in [1.29, 1.82) is 0 Å². The van der Waals surface area contributed by atoms with Crippen LogP contribution in [-0.2, 0) is 4.79 Å². The molecule has 0 radical (unpaired) electrons. The van der Waals surface area contributed by atoms with Gasteiger partial charge < -0.3 is 9.80 Å². The molecule has 2 saturated heterocycles. The Morgan fingerprint density at radius 1 is 0.900 bits per heavy atom. The first-order chi connectivity index (χ1) is 14.6. The summed E-state index contributed by atoms with van der Waals surface area (Å²) < 4.78 is 14.0. The lowest BCUT2D eigenvalue weighted by atomic mass is 9.89. The number of carbonyl (C=O) groups excluding carboxylic acids is 2. The number of benzene rings is 2. The third kappa shape index (κ3) is 3.32. The summed E-state index contributed by atoms with van der Waals surface area (Å²) in [6, 6.07) is 15.6. The summed E-state index contributed by atoms with van der Waals surface area (Å²) in [5, 5.41) is 0. The molecule has 5 rings (SSSR count). The van der Waals surface area contributed by atoms with Crippen LogP contribution in [0.2, 0.25) is 0 Å². The maximum atomic E-state index is 14.0. The lowest BCUT2D eigenvalue weighted by Gasteiger charge is -2.30. The third-order valence-electron chi connectivity index (χ3n) is 6.80. The highest BCUT2D eigenvalue weighted by Gasteiger charge is 2.50. The van der Waals surface area contributed by atoms with Crippen molar-refractivity contribution in [1.82, 2.24) is 9.80 Å². The lowest BCUT2D eigenvalue weighted by Crippen LogP contribution is -2.39. The van der Waals surface area contributed by atoms with E-state index in [4.69, 9.17) is 0 Å². The quantitative estimate of drug-likeness (QED) is 0.724. The Labute approximate surface area is 176 Å². The van der Waals surface area contributed by atoms with Gasteiger partial charge in [0.2, 0.25) is 5.91 Å². The molecule has 30 heavy (non-hydrogen) atoms. The molecule has 0 bridgehead atoms. The second kappa shape index (κ2) is 7.71. The second-order valence-electron chi connectivity index (χ2n) is 8.63. The second-order valence-corrected chi connectivity index (χ2v) is 8.63. The van der Waals surface area contributed by atoms with Gasteiger partial charge in [0.1, 0.15) is 5.82 Å². The average molecular weight is 404 g/mol. The van der Waals surface area contributed by atoms with Crippen molar-refractivity contribution in [2.75, 3.05) is 19.6 Å². The maximum absolute atomic E-state index is 14.0. The van der Waals surface area contributed by atoms with Gasteiger partial charge in [0, 0.05) is 43.0 Å². The highest BCUT2D eigenvalue weighted by molar-refractivity contribution is 5.94. The minimum atomic E-state index is -0.300. The van der Waals surface area contributed by atoms with Crippen LogP contribution in [0.5, 0.6) is 0 Å². The lowest BCUT2D eigenvalue weighted by molar-refractivity contribution is -0.134. The van der Waals surface area contributed by atoms with Crippen LogP contribution in [0.25, 0.3) is 0 Å². The van der Waals surface area contributed by atoms with E-state index in [-0.39, 0.29) is 41.4 Å². The summed E-state index contributed by atoms with van der Waals surface area (Å²) >= 11 is 0. The van der Waals surface area contributed by atoms with Crippen molar-refractivity contribution in [3.63, 3.8) is 0 Å². The molecule has 0 N–H and O–H groups in total. The smallest absolute Gasteiger partial charge is 0.254 e. The Balaban J connectivity index is 1.43. The monoisotopic (exact) mass is 404 g/mol. The number of carbonyl (C=O) groups is 2. The minimum Gasteiger partial charge on any atom is -0.342 e. The van der Waals surface area contributed by atoms with Crippen molar-refractivity contribution in [3.8, 4) is 0 Å². The van der Waals surface area contributed by atoms with E-state index in [1.54, 1.807) is 6.07 Å². The van der Waals surface area contributed by atoms with Gasteiger partial charge in [-0.3, -0.25) is 9.59 Å². The van der Waals surface area contributed by atoms with Gasteiger partial charge in [0.25, 0.3) is 5.91 Å². The van der Waals surface area contributed by atoms with Crippen LogP contribution in [0.1, 0.15) is 34.8 Å². The maximum Gasteiger partial charge on any atom is 0.254 e. The number of rotatable bonds is 3. The molecule has 2 amide bonds. The third-order valence-corrected chi connectivity index (χ3v) is 6.80. The van der Waals surface area contributed by atoms with E-state index in [9.17, 15) is 14.0 Å². The summed E-state index contributed by atoms with van der Waals surface area (Å²) in [7, 11) is 0. The first kappa shape index (κ1) is 19.0. The molecule has 154 valence electrons. The van der Waals surface area contributed by atoms with E-state index in [0.29, 0.717) is 25.2 Å². The predicted molar refractivity (Wildman–Crippen MR) is 112 cm³/mol. The van der Waals surface area contributed by atoms with Crippen LogP contribution in [0.3, 0.4) is 0 Å². The molecule has 3 atom stereocenters. The molecule has 0 saturated carbocycles. The van der Waals surface area contributed by atoms with Crippen molar-refractivity contribution in [3.05, 3.63) is 83.7 Å². The van der Waals surface area contributed by atoms with Gasteiger partial charge in [-0.25, -0.2) is 4.39 Å². The Morgan fingerprint density at radius 3 is 2.40 bits per heavy atom. The normalized spacial score (nSPS) is 25.7. The van der Waals surface area contributed by atoms with Gasteiger partial charge >= 0.3 is 0 Å². The Morgan fingerprint density at radius 2 is 1.67 bits per heavy atom. The standard InChI is InChI=1S/C25H25FN2O2/c26-21-12-6-11-19(13-21)23-22-16-27(24(29)17-9-4-5-10-17)14-20(22)15-28(23)25(30)18-7-2-1-3-8-18/h1-8,11-13,17,20,22-23H,9-10,14-16H2/t20-,22-,23+/m0/s1. The van der Waals surface area contributed by atoms with E-state index in [0.717, 1.165) is 18.4 Å². The summed E-state index contributed by atoms with van der Waals surface area (Å²) in [5.41, 5.74) is 1.45. The fraction of sp³-hybridized carbons (Fsp3) is 0.360. The number of fused-ring (bicyclic) bond motifs is 1. The zero-order valence-corrected chi connectivity index (χ0v) is 16.8. The molecular weight excluding hydrogens is 379 g/mol. The van der Waals surface area contributed by atoms with Crippen LogP contribution in [-0.4, -0.2) is 41.2 Å². The van der Waals surface area contributed by atoms with Crippen molar-refractivity contribution >= 4 is 11.8 Å². The first-order valence-corrected chi connectivity index (χ1v) is 10.7. The highest BCUT2D eigenvalue weighted by atomic mass is 19.1. The van der Waals surface area contributed by atoms with Crippen molar-refractivity contribution < 1.29 is 14.0 Å². The largest absolute Gasteiger partial charge is 0.342 e. The molecule has 2 aromatic carbocycles. The molecule has 2 aromatic rings. The molecule has 1 aliphatic carbocycles. The number of hydrogen-bond donors (Lipinski definition) is 0. The van der Waals surface area contributed by atoms with Gasteiger partial charge in [-0.15, -0.1) is 0 Å². The van der Waals surface area contributed by atoms with E-state index in [2.05, 4.69) is 12.2 Å². The molecule has 3 aliphatic rings. The summed E-state index contributed by atoms with van der Waals surface area (Å²) in [5.74, 6) is 0.275. The zero-order chi connectivity index (χ0) is 20.7. The Hall–Kier alpha value is -2.95. The van der Waals surface area contributed by atoms with Gasteiger partial charge in [-0.2, -0.15) is 0 Å². The van der Waals surface area contributed by atoms with Gasteiger partial charge in [-0.05, 0) is 42.7 Å². The number of likely N-dealkylation sites (tertiary alicyclic amines) is 2. The number of amides is 2. The molecule has 2 fully saturated rings. The molecular formula is C25H25FN2O2.